The molecular formula is C21H28N2O2. The van der Waals surface area contributed by atoms with Gasteiger partial charge < -0.3 is 15.4 Å². The van der Waals surface area contributed by atoms with Crippen molar-refractivity contribution in [3.63, 3.8) is 0 Å². The van der Waals surface area contributed by atoms with Crippen LogP contribution in [0.3, 0.4) is 0 Å². The first-order valence-corrected chi connectivity index (χ1v) is 8.84. The number of hydrogen-bond acceptors (Lipinski definition) is 3. The molecule has 0 unspecified atom stereocenters. The Labute approximate surface area is 150 Å². The molecule has 2 N–H and O–H groups in total. The van der Waals surface area contributed by atoms with Crippen molar-refractivity contribution in [3.8, 4) is 5.75 Å². The molecule has 2 rings (SSSR count). The van der Waals surface area contributed by atoms with Crippen LogP contribution in [0.15, 0.2) is 54.6 Å². The monoisotopic (exact) mass is 340 g/mol. The fourth-order valence-corrected chi connectivity index (χ4v) is 2.52. The van der Waals surface area contributed by atoms with Crippen LogP contribution in [0.2, 0.25) is 0 Å². The van der Waals surface area contributed by atoms with Gasteiger partial charge in [0, 0.05) is 25.2 Å². The highest BCUT2D eigenvalue weighted by Gasteiger charge is 2.09. The second-order valence-electron chi connectivity index (χ2n) is 6.65. The number of nitrogens with zero attached hydrogens (tertiary/aromatic N) is 1. The zero-order valence-corrected chi connectivity index (χ0v) is 15.2. The van der Waals surface area contributed by atoms with Crippen LogP contribution in [-0.4, -0.2) is 19.0 Å². The molecule has 2 aromatic carbocycles. The van der Waals surface area contributed by atoms with Crippen LogP contribution in [0.25, 0.3) is 0 Å². The van der Waals surface area contributed by atoms with Crippen molar-refractivity contribution in [2.75, 3.05) is 18.0 Å². The van der Waals surface area contributed by atoms with Crippen LogP contribution in [0, 0.1) is 5.92 Å². The van der Waals surface area contributed by atoms with Crippen molar-refractivity contribution in [1.29, 1.82) is 0 Å². The molecule has 0 saturated carbocycles. The number of carbonyl (C=O) groups excluding carboxylic acids is 1. The van der Waals surface area contributed by atoms with E-state index < -0.39 is 0 Å². The Hall–Kier alpha value is -2.49. The smallest absolute Gasteiger partial charge is 0.219 e. The minimum absolute atomic E-state index is 0.266. The van der Waals surface area contributed by atoms with Gasteiger partial charge in [-0.15, -0.1) is 0 Å². The number of rotatable bonds is 10. The Bertz CT molecular complexity index is 639. The summed E-state index contributed by atoms with van der Waals surface area (Å²) in [4.78, 5) is 13.3. The molecule has 0 aliphatic carbocycles. The molecule has 134 valence electrons. The van der Waals surface area contributed by atoms with Crippen molar-refractivity contribution in [2.24, 2.45) is 11.7 Å². The Kier molecular flexibility index (Phi) is 7.33. The van der Waals surface area contributed by atoms with Crippen LogP contribution in [0.1, 0.15) is 32.3 Å². The standard InChI is InChI=1S/C21H28N2O2/c1-17(2)12-14-23(15-13-21(22)24)19-8-10-20(11-9-19)25-16-18-6-4-3-5-7-18/h3-11,17H,12-16H2,1-2H3,(H2,22,24). The van der Waals surface area contributed by atoms with E-state index in [9.17, 15) is 4.79 Å². The maximum atomic E-state index is 11.1. The fourth-order valence-electron chi connectivity index (χ4n) is 2.52. The number of carbonyl (C=O) groups is 1. The molecule has 0 heterocycles. The van der Waals surface area contributed by atoms with E-state index in [4.69, 9.17) is 10.5 Å². The van der Waals surface area contributed by atoms with Crippen LogP contribution in [0.4, 0.5) is 5.69 Å². The summed E-state index contributed by atoms with van der Waals surface area (Å²) in [7, 11) is 0. The van der Waals surface area contributed by atoms with Crippen LogP contribution < -0.4 is 15.4 Å². The topological polar surface area (TPSA) is 55.6 Å². The molecule has 0 aliphatic rings. The lowest BCUT2D eigenvalue weighted by atomic mass is 10.1. The Morgan fingerprint density at radius 1 is 1.04 bits per heavy atom. The quantitative estimate of drug-likeness (QED) is 0.711. The van der Waals surface area contributed by atoms with Crippen molar-refractivity contribution in [3.05, 3.63) is 60.2 Å². The van der Waals surface area contributed by atoms with Gasteiger partial charge in [0.2, 0.25) is 5.91 Å². The highest BCUT2D eigenvalue weighted by atomic mass is 16.5. The van der Waals surface area contributed by atoms with Crippen molar-refractivity contribution in [2.45, 2.75) is 33.3 Å². The summed E-state index contributed by atoms with van der Waals surface area (Å²) in [5.41, 5.74) is 7.54. The van der Waals surface area contributed by atoms with E-state index >= 15 is 0 Å². The average molecular weight is 340 g/mol. The highest BCUT2D eigenvalue weighted by Crippen LogP contribution is 2.21. The molecule has 25 heavy (non-hydrogen) atoms. The predicted molar refractivity (Wildman–Crippen MR) is 103 cm³/mol. The van der Waals surface area contributed by atoms with Crippen LogP contribution >= 0.6 is 0 Å². The third-order valence-corrected chi connectivity index (χ3v) is 4.05. The molecule has 0 atom stereocenters. The van der Waals surface area contributed by atoms with E-state index in [0.717, 1.165) is 30.0 Å². The lowest BCUT2D eigenvalue weighted by Gasteiger charge is -2.25. The summed E-state index contributed by atoms with van der Waals surface area (Å²) in [6.07, 6.45) is 1.44. The molecule has 0 aromatic heterocycles. The summed E-state index contributed by atoms with van der Waals surface area (Å²) >= 11 is 0. The fraction of sp³-hybridized carbons (Fsp3) is 0.381. The summed E-state index contributed by atoms with van der Waals surface area (Å²) in [6.45, 7) is 6.51. The van der Waals surface area contributed by atoms with Gasteiger partial charge >= 0.3 is 0 Å². The maximum absolute atomic E-state index is 11.1. The maximum Gasteiger partial charge on any atom is 0.219 e. The van der Waals surface area contributed by atoms with E-state index in [-0.39, 0.29) is 5.91 Å². The van der Waals surface area contributed by atoms with Crippen molar-refractivity contribution >= 4 is 11.6 Å². The summed E-state index contributed by atoms with van der Waals surface area (Å²) < 4.78 is 5.83. The molecule has 2 aromatic rings. The van der Waals surface area contributed by atoms with E-state index in [1.807, 2.05) is 54.6 Å². The summed E-state index contributed by atoms with van der Waals surface area (Å²) in [6, 6.07) is 18.1. The number of ether oxygens (including phenoxy) is 1. The third-order valence-electron chi connectivity index (χ3n) is 4.05. The van der Waals surface area contributed by atoms with Gasteiger partial charge in [-0.05, 0) is 42.2 Å². The van der Waals surface area contributed by atoms with E-state index in [0.29, 0.717) is 25.5 Å². The Balaban J connectivity index is 1.96. The average Bonchev–Trinajstić information content (AvgIpc) is 2.61. The van der Waals surface area contributed by atoms with Gasteiger partial charge in [0.25, 0.3) is 0 Å². The lowest BCUT2D eigenvalue weighted by molar-refractivity contribution is -0.117. The van der Waals surface area contributed by atoms with Crippen molar-refractivity contribution in [1.82, 2.24) is 0 Å². The van der Waals surface area contributed by atoms with Gasteiger partial charge in [0.1, 0.15) is 12.4 Å². The minimum atomic E-state index is -0.266. The van der Waals surface area contributed by atoms with Crippen LogP contribution in [-0.2, 0) is 11.4 Å². The van der Waals surface area contributed by atoms with Gasteiger partial charge in [0.15, 0.2) is 0 Å². The zero-order valence-electron chi connectivity index (χ0n) is 15.2. The zero-order chi connectivity index (χ0) is 18.1. The molecular weight excluding hydrogens is 312 g/mol. The molecule has 0 fully saturated rings. The molecule has 4 nitrogen and oxygen atoms in total. The second kappa shape index (κ2) is 9.72. The first-order chi connectivity index (χ1) is 12.0. The Morgan fingerprint density at radius 2 is 1.72 bits per heavy atom. The molecule has 1 amide bonds. The highest BCUT2D eigenvalue weighted by molar-refractivity contribution is 5.74. The summed E-state index contributed by atoms with van der Waals surface area (Å²) in [5, 5.41) is 0. The first-order valence-electron chi connectivity index (χ1n) is 8.84. The van der Waals surface area contributed by atoms with Gasteiger partial charge in [-0.1, -0.05) is 44.2 Å². The van der Waals surface area contributed by atoms with Crippen molar-refractivity contribution < 1.29 is 9.53 Å². The molecule has 0 bridgehead atoms. The van der Waals surface area contributed by atoms with E-state index in [2.05, 4.69) is 18.7 Å². The SMILES string of the molecule is CC(C)CCN(CCC(N)=O)c1ccc(OCc2ccccc2)cc1. The van der Waals surface area contributed by atoms with E-state index in [1.165, 1.54) is 0 Å². The van der Waals surface area contributed by atoms with Crippen LogP contribution in [0.5, 0.6) is 5.75 Å². The number of amides is 1. The Morgan fingerprint density at radius 3 is 2.32 bits per heavy atom. The van der Waals surface area contributed by atoms with Gasteiger partial charge in [-0.3, -0.25) is 4.79 Å². The normalized spacial score (nSPS) is 10.7. The molecule has 0 radical (unpaired) electrons. The number of primary amides is 1. The molecule has 0 aliphatic heterocycles. The number of hydrogen-bond donors (Lipinski definition) is 1. The molecule has 4 heteroatoms. The minimum Gasteiger partial charge on any atom is -0.489 e. The van der Waals surface area contributed by atoms with E-state index in [1.54, 1.807) is 0 Å². The summed E-state index contributed by atoms with van der Waals surface area (Å²) in [5.74, 6) is 1.19. The largest absolute Gasteiger partial charge is 0.489 e. The molecule has 0 saturated heterocycles. The van der Waals surface area contributed by atoms with Gasteiger partial charge in [-0.2, -0.15) is 0 Å². The van der Waals surface area contributed by atoms with Gasteiger partial charge in [0.05, 0.1) is 0 Å². The second-order valence-corrected chi connectivity index (χ2v) is 6.65. The lowest BCUT2D eigenvalue weighted by Crippen LogP contribution is -2.29. The van der Waals surface area contributed by atoms with Gasteiger partial charge in [-0.25, -0.2) is 0 Å². The first kappa shape index (κ1) is 18.8. The number of nitrogens with two attached hydrogens (primary N) is 1. The third kappa shape index (κ3) is 6.87. The predicted octanol–water partition coefficient (Wildman–Crippen LogP) is 3.99. The molecule has 0 spiro atoms. The number of anilines is 1. The number of benzene rings is 2.